The summed E-state index contributed by atoms with van der Waals surface area (Å²) in [5, 5.41) is -0.267. The van der Waals surface area contributed by atoms with Gasteiger partial charge in [-0.2, -0.15) is 13.2 Å². The molecular weight excluding hydrogens is 403 g/mol. The monoisotopic (exact) mass is 417 g/mol. The molecule has 27 heavy (non-hydrogen) atoms. The molecular formula is C17H15ClF3N3O2S. The Balaban J connectivity index is 1.67. The lowest BCUT2D eigenvalue weighted by atomic mass is 10.2. The van der Waals surface area contributed by atoms with Crippen LogP contribution in [0.2, 0.25) is 5.02 Å². The van der Waals surface area contributed by atoms with Crippen LogP contribution in [0.5, 0.6) is 0 Å². The Hall–Kier alpha value is -2.10. The van der Waals surface area contributed by atoms with Crippen LogP contribution >= 0.6 is 11.6 Å². The van der Waals surface area contributed by atoms with Crippen molar-refractivity contribution in [2.24, 2.45) is 0 Å². The Labute approximate surface area is 158 Å². The third-order valence-electron chi connectivity index (χ3n) is 3.94. The fraction of sp³-hybridized carbons (Fsp3) is 0.235. The van der Waals surface area contributed by atoms with Crippen molar-refractivity contribution in [3.63, 3.8) is 0 Å². The first kappa shape index (κ1) is 19.7. The van der Waals surface area contributed by atoms with E-state index in [1.54, 1.807) is 6.33 Å². The van der Waals surface area contributed by atoms with E-state index >= 15 is 0 Å². The highest BCUT2D eigenvalue weighted by atomic mass is 35.5. The van der Waals surface area contributed by atoms with Gasteiger partial charge in [0.05, 0.1) is 27.9 Å². The van der Waals surface area contributed by atoms with Gasteiger partial charge in [-0.05, 0) is 36.8 Å². The second-order valence-corrected chi connectivity index (χ2v) is 7.96. The van der Waals surface area contributed by atoms with Crippen molar-refractivity contribution >= 4 is 32.7 Å². The smallest absolute Gasteiger partial charge is 0.331 e. The zero-order valence-electron chi connectivity index (χ0n) is 13.9. The van der Waals surface area contributed by atoms with E-state index in [9.17, 15) is 21.6 Å². The molecule has 0 unspecified atom stereocenters. The molecule has 0 atom stereocenters. The Morgan fingerprint density at radius 3 is 2.63 bits per heavy atom. The Bertz CT molecular complexity index is 1060. The molecule has 3 aromatic rings. The number of alkyl halides is 3. The normalized spacial score (nSPS) is 12.6. The van der Waals surface area contributed by atoms with Crippen LogP contribution in [0.25, 0.3) is 11.0 Å². The van der Waals surface area contributed by atoms with Gasteiger partial charge < -0.3 is 4.57 Å². The SMILES string of the molecule is O=S(=O)(NCCCn1cnc2ccccc21)c1cc(C(F)(F)F)ccc1Cl. The number of hydrogen-bond donors (Lipinski definition) is 1. The summed E-state index contributed by atoms with van der Waals surface area (Å²) in [7, 11) is -4.16. The van der Waals surface area contributed by atoms with Crippen molar-refractivity contribution in [3.05, 3.63) is 59.4 Å². The molecule has 0 saturated carbocycles. The number of halogens is 4. The molecule has 1 heterocycles. The van der Waals surface area contributed by atoms with E-state index in [1.807, 2.05) is 28.8 Å². The van der Waals surface area contributed by atoms with Gasteiger partial charge >= 0.3 is 6.18 Å². The minimum atomic E-state index is -4.66. The number of aryl methyl sites for hydroxylation is 1. The zero-order chi connectivity index (χ0) is 19.7. The molecule has 0 saturated heterocycles. The van der Waals surface area contributed by atoms with Crippen molar-refractivity contribution in [1.82, 2.24) is 14.3 Å². The number of nitrogens with zero attached hydrogens (tertiary/aromatic N) is 2. The van der Waals surface area contributed by atoms with Crippen LogP contribution in [0.3, 0.4) is 0 Å². The number of sulfonamides is 1. The van der Waals surface area contributed by atoms with Crippen molar-refractivity contribution < 1.29 is 21.6 Å². The topological polar surface area (TPSA) is 64.0 Å². The average molecular weight is 418 g/mol. The predicted molar refractivity (Wildman–Crippen MR) is 96.0 cm³/mol. The number of nitrogens with one attached hydrogen (secondary N) is 1. The van der Waals surface area contributed by atoms with Crippen LogP contribution in [-0.4, -0.2) is 24.5 Å². The third kappa shape index (κ3) is 4.42. The quantitative estimate of drug-likeness (QED) is 0.615. The zero-order valence-corrected chi connectivity index (χ0v) is 15.4. The Kier molecular flexibility index (Phi) is 5.45. The van der Waals surface area contributed by atoms with Gasteiger partial charge in [0.1, 0.15) is 4.90 Å². The number of para-hydroxylation sites is 2. The van der Waals surface area contributed by atoms with Gasteiger partial charge in [0.15, 0.2) is 0 Å². The van der Waals surface area contributed by atoms with Gasteiger partial charge in [0, 0.05) is 13.1 Å². The molecule has 1 N–H and O–H groups in total. The van der Waals surface area contributed by atoms with E-state index in [4.69, 9.17) is 11.6 Å². The van der Waals surface area contributed by atoms with Gasteiger partial charge in [-0.25, -0.2) is 18.1 Å². The summed E-state index contributed by atoms with van der Waals surface area (Å²) >= 11 is 5.79. The van der Waals surface area contributed by atoms with E-state index in [0.717, 1.165) is 23.2 Å². The molecule has 0 amide bonds. The molecule has 0 spiro atoms. The maximum atomic E-state index is 12.8. The molecule has 0 radical (unpaired) electrons. The summed E-state index contributed by atoms with van der Waals surface area (Å²) in [6, 6.07) is 9.71. The van der Waals surface area contributed by atoms with Crippen LogP contribution in [0.1, 0.15) is 12.0 Å². The Morgan fingerprint density at radius 1 is 1.15 bits per heavy atom. The van der Waals surface area contributed by atoms with Crippen LogP contribution in [0.15, 0.2) is 53.7 Å². The fourth-order valence-corrected chi connectivity index (χ4v) is 4.21. The van der Waals surface area contributed by atoms with Gasteiger partial charge in [-0.3, -0.25) is 0 Å². The van der Waals surface area contributed by atoms with Crippen LogP contribution < -0.4 is 4.72 Å². The maximum Gasteiger partial charge on any atom is 0.416 e. The molecule has 0 aliphatic heterocycles. The highest BCUT2D eigenvalue weighted by molar-refractivity contribution is 7.89. The second kappa shape index (κ2) is 7.49. The minimum Gasteiger partial charge on any atom is -0.331 e. The lowest BCUT2D eigenvalue weighted by molar-refractivity contribution is -0.137. The first-order valence-electron chi connectivity index (χ1n) is 7.95. The number of benzene rings is 2. The summed E-state index contributed by atoms with van der Waals surface area (Å²) in [6.45, 7) is 0.542. The van der Waals surface area contributed by atoms with Gasteiger partial charge in [0.2, 0.25) is 10.0 Å². The standard InChI is InChI=1S/C17H15ClF3N3O2S/c18-13-7-6-12(17(19,20)21)10-16(13)27(25,26)23-8-3-9-24-11-22-14-4-1-2-5-15(14)24/h1-2,4-7,10-11,23H,3,8-9H2. The van der Waals surface area contributed by atoms with Gasteiger partial charge in [-0.15, -0.1) is 0 Å². The first-order chi connectivity index (χ1) is 12.7. The number of rotatable bonds is 6. The van der Waals surface area contributed by atoms with Crippen molar-refractivity contribution in [2.75, 3.05) is 6.54 Å². The molecule has 1 aromatic heterocycles. The molecule has 3 rings (SSSR count). The number of hydrogen-bond acceptors (Lipinski definition) is 3. The number of aromatic nitrogens is 2. The largest absolute Gasteiger partial charge is 0.416 e. The number of fused-ring (bicyclic) bond motifs is 1. The average Bonchev–Trinajstić information content (AvgIpc) is 3.01. The van der Waals surface area contributed by atoms with Gasteiger partial charge in [-0.1, -0.05) is 23.7 Å². The molecule has 2 aromatic carbocycles. The lowest BCUT2D eigenvalue weighted by Crippen LogP contribution is -2.26. The van der Waals surface area contributed by atoms with E-state index in [2.05, 4.69) is 9.71 Å². The third-order valence-corrected chi connectivity index (χ3v) is 5.89. The second-order valence-electron chi connectivity index (χ2n) is 5.82. The minimum absolute atomic E-state index is 0.0431. The van der Waals surface area contributed by atoms with E-state index in [0.29, 0.717) is 19.0 Å². The van der Waals surface area contributed by atoms with Crippen LogP contribution in [0.4, 0.5) is 13.2 Å². The van der Waals surface area contributed by atoms with Crippen LogP contribution in [-0.2, 0) is 22.7 Å². The molecule has 0 bridgehead atoms. The highest BCUT2D eigenvalue weighted by Gasteiger charge is 2.32. The van der Waals surface area contributed by atoms with Crippen molar-refractivity contribution in [2.45, 2.75) is 24.0 Å². The van der Waals surface area contributed by atoms with Gasteiger partial charge in [0.25, 0.3) is 0 Å². The van der Waals surface area contributed by atoms with Crippen LogP contribution in [0, 0.1) is 0 Å². The van der Waals surface area contributed by atoms with E-state index in [1.165, 1.54) is 0 Å². The Morgan fingerprint density at radius 2 is 1.89 bits per heavy atom. The summed E-state index contributed by atoms with van der Waals surface area (Å²) in [6.07, 6.45) is -2.57. The lowest BCUT2D eigenvalue weighted by Gasteiger charge is -2.12. The predicted octanol–water partition coefficient (Wildman–Crippen LogP) is 4.08. The molecule has 144 valence electrons. The van der Waals surface area contributed by atoms with Crippen molar-refractivity contribution in [3.8, 4) is 0 Å². The fourth-order valence-electron chi connectivity index (χ4n) is 2.61. The van der Waals surface area contributed by atoms with Crippen molar-refractivity contribution in [1.29, 1.82) is 0 Å². The molecule has 0 aliphatic rings. The van der Waals surface area contributed by atoms with E-state index in [-0.39, 0.29) is 11.6 Å². The molecule has 10 heteroatoms. The summed E-state index contributed by atoms with van der Waals surface area (Å²) < 4.78 is 67.3. The molecule has 0 aliphatic carbocycles. The molecule has 5 nitrogen and oxygen atoms in total. The summed E-state index contributed by atoms with van der Waals surface area (Å²) in [5.41, 5.74) is 0.673. The maximum absolute atomic E-state index is 12.8. The summed E-state index contributed by atoms with van der Waals surface area (Å²) in [5.74, 6) is 0. The first-order valence-corrected chi connectivity index (χ1v) is 9.81. The molecule has 0 fully saturated rings. The number of imidazole rings is 1. The summed E-state index contributed by atoms with van der Waals surface area (Å²) in [4.78, 5) is 3.65. The van der Waals surface area contributed by atoms with E-state index < -0.39 is 26.7 Å². The highest BCUT2D eigenvalue weighted by Crippen LogP contribution is 2.33.